The number of nitrogens with zero attached hydrogens (tertiary/aromatic N) is 3. The number of aliphatic hydroxyl groups is 1. The van der Waals surface area contributed by atoms with Gasteiger partial charge in [-0.15, -0.1) is 0 Å². The number of fused-ring (bicyclic) bond motifs is 2. The summed E-state index contributed by atoms with van der Waals surface area (Å²) in [7, 11) is 0. The van der Waals surface area contributed by atoms with E-state index >= 15 is 0 Å². The molecule has 8 atom stereocenters. The summed E-state index contributed by atoms with van der Waals surface area (Å²) in [5, 5.41) is 30.4. The fraction of sp³-hybridized carbons (Fsp3) is 0.490. The maximum Gasteiger partial charge on any atom is 0.246 e. The lowest BCUT2D eigenvalue weighted by Gasteiger charge is -2.30. The Hall–Kier alpha value is -8.29. The van der Waals surface area contributed by atoms with Crippen LogP contribution in [0.5, 0.6) is 0 Å². The summed E-state index contributed by atoms with van der Waals surface area (Å²) in [6, 6.07) is 6.23. The van der Waals surface area contributed by atoms with E-state index in [1.165, 1.54) is 6.92 Å². The SMILES string of the molecule is CC(=O)N[C@H](CCCN=C(N)N)C(=O)N[C@@H]1CC(=O)NCCCC[C@H](C(N)=O)NC(=O)[C@@H](Cc2c[nH]c3ccccc23)NC(=O)[C@@H](CCCN=C(N)N)NC(=O)[C@H](Cc2ccccc2)NC(=O)[C@H]2C[C@H](O)CN2C1=O. The van der Waals surface area contributed by atoms with Gasteiger partial charge < -0.3 is 80.9 Å². The van der Waals surface area contributed by atoms with E-state index < -0.39 is 115 Å². The molecule has 2 aromatic carbocycles. The summed E-state index contributed by atoms with van der Waals surface area (Å²) in [6.45, 7) is 0.948. The van der Waals surface area contributed by atoms with E-state index in [2.05, 4.69) is 52.2 Å². The van der Waals surface area contributed by atoms with E-state index in [0.717, 1.165) is 15.8 Å². The molecule has 3 aromatic rings. The Morgan fingerprint density at radius 1 is 0.773 bits per heavy atom. The molecule has 0 bridgehead atoms. The van der Waals surface area contributed by atoms with Gasteiger partial charge in [0.2, 0.25) is 53.2 Å². The number of guanidine groups is 2. The molecule has 0 saturated carbocycles. The molecule has 406 valence electrons. The smallest absolute Gasteiger partial charge is 0.246 e. The summed E-state index contributed by atoms with van der Waals surface area (Å²) in [6.07, 6.45) is 0.110. The Bertz CT molecular complexity index is 2570. The van der Waals surface area contributed by atoms with Gasteiger partial charge in [-0.2, -0.15) is 0 Å². The van der Waals surface area contributed by atoms with Gasteiger partial charge >= 0.3 is 0 Å². The third-order valence-electron chi connectivity index (χ3n) is 12.6. The van der Waals surface area contributed by atoms with Gasteiger partial charge in [-0.25, -0.2) is 0 Å². The van der Waals surface area contributed by atoms with Crippen molar-refractivity contribution < 1.29 is 48.3 Å². The zero-order valence-electron chi connectivity index (χ0n) is 41.8. The van der Waals surface area contributed by atoms with Crippen LogP contribution in [0, 0.1) is 0 Å². The molecule has 9 amide bonds. The van der Waals surface area contributed by atoms with Crippen molar-refractivity contribution in [2.24, 2.45) is 38.7 Å². The highest BCUT2D eigenvalue weighted by Gasteiger charge is 2.44. The molecule has 26 heteroatoms. The molecule has 2 saturated heterocycles. The Kier molecular flexibility index (Phi) is 21.7. The molecule has 2 fully saturated rings. The molecule has 3 heterocycles. The minimum atomic E-state index is -1.65. The van der Waals surface area contributed by atoms with Crippen molar-refractivity contribution in [2.45, 2.75) is 126 Å². The van der Waals surface area contributed by atoms with Crippen molar-refractivity contribution in [3.63, 3.8) is 0 Å². The van der Waals surface area contributed by atoms with Crippen LogP contribution in [0.25, 0.3) is 10.9 Å². The monoisotopic (exact) mass is 1040 g/mol. The number of carbonyl (C=O) groups is 9. The second-order valence-corrected chi connectivity index (χ2v) is 18.6. The molecular formula is C49H70N16O10. The predicted octanol–water partition coefficient (Wildman–Crippen LogP) is -3.87. The molecule has 19 N–H and O–H groups in total. The normalized spacial score (nSPS) is 23.0. The molecular weight excluding hydrogens is 973 g/mol. The Morgan fingerprint density at radius 3 is 2.09 bits per heavy atom. The number of benzene rings is 2. The molecule has 0 radical (unpaired) electrons. The maximum atomic E-state index is 14.6. The number of aromatic amines is 1. The van der Waals surface area contributed by atoms with Crippen LogP contribution < -0.4 is 65.9 Å². The average Bonchev–Trinajstić information content (AvgIpc) is 3.96. The highest BCUT2D eigenvalue weighted by molar-refractivity contribution is 5.99. The maximum absolute atomic E-state index is 14.6. The molecule has 0 spiro atoms. The number of aliphatic hydroxyl groups excluding tert-OH is 1. The number of nitrogens with two attached hydrogens (primary N) is 5. The lowest BCUT2D eigenvalue weighted by atomic mass is 10.0. The fourth-order valence-corrected chi connectivity index (χ4v) is 8.89. The van der Waals surface area contributed by atoms with Crippen LogP contribution in [-0.4, -0.2) is 155 Å². The number of aromatic nitrogens is 1. The third kappa shape index (κ3) is 18.0. The third-order valence-corrected chi connectivity index (χ3v) is 12.6. The van der Waals surface area contributed by atoms with Crippen LogP contribution >= 0.6 is 0 Å². The molecule has 5 rings (SSSR count). The predicted molar refractivity (Wildman–Crippen MR) is 276 cm³/mol. The van der Waals surface area contributed by atoms with Crippen LogP contribution in [-0.2, 0) is 56.0 Å². The number of nitrogens with one attached hydrogen (secondary N) is 8. The zero-order valence-corrected chi connectivity index (χ0v) is 41.8. The number of para-hydroxylation sites is 1. The molecule has 26 nitrogen and oxygen atoms in total. The van der Waals surface area contributed by atoms with Gasteiger partial charge in [-0.1, -0.05) is 48.5 Å². The van der Waals surface area contributed by atoms with Gasteiger partial charge in [0.25, 0.3) is 0 Å². The second-order valence-electron chi connectivity index (χ2n) is 18.6. The van der Waals surface area contributed by atoms with Crippen LogP contribution in [0.2, 0.25) is 0 Å². The van der Waals surface area contributed by atoms with Crippen molar-refractivity contribution >= 4 is 76.0 Å². The molecule has 1 aromatic heterocycles. The largest absolute Gasteiger partial charge is 0.391 e. The number of amides is 9. The van der Waals surface area contributed by atoms with Crippen molar-refractivity contribution in [1.29, 1.82) is 0 Å². The van der Waals surface area contributed by atoms with E-state index in [0.29, 0.717) is 11.1 Å². The lowest BCUT2D eigenvalue weighted by Crippen LogP contribution is -2.60. The van der Waals surface area contributed by atoms with Crippen LogP contribution in [0.15, 0.2) is 70.8 Å². The Morgan fingerprint density at radius 2 is 1.40 bits per heavy atom. The quantitative estimate of drug-likeness (QED) is 0.0371. The summed E-state index contributed by atoms with van der Waals surface area (Å²) in [5.41, 5.74) is 29.8. The van der Waals surface area contributed by atoms with Crippen molar-refractivity contribution in [3.8, 4) is 0 Å². The van der Waals surface area contributed by atoms with E-state index in [-0.39, 0.29) is 95.8 Å². The first kappa shape index (κ1) is 57.6. The number of carbonyl (C=O) groups excluding carboxylic acids is 9. The molecule has 2 aliphatic heterocycles. The van der Waals surface area contributed by atoms with Crippen LogP contribution in [0.3, 0.4) is 0 Å². The highest BCUT2D eigenvalue weighted by Crippen LogP contribution is 2.22. The van der Waals surface area contributed by atoms with E-state index in [1.54, 1.807) is 36.5 Å². The fourth-order valence-electron chi connectivity index (χ4n) is 8.89. The number of hydrogen-bond donors (Lipinski definition) is 14. The number of hydrogen-bond acceptors (Lipinski definition) is 12. The van der Waals surface area contributed by atoms with Gasteiger partial charge in [-0.3, -0.25) is 53.1 Å². The first-order valence-electron chi connectivity index (χ1n) is 24.8. The topological polar surface area (TPSA) is 432 Å². The molecule has 75 heavy (non-hydrogen) atoms. The Labute approximate surface area is 432 Å². The van der Waals surface area contributed by atoms with Crippen molar-refractivity contribution in [1.82, 2.24) is 47.1 Å². The minimum Gasteiger partial charge on any atom is -0.391 e. The lowest BCUT2D eigenvalue weighted by molar-refractivity contribution is -0.143. The highest BCUT2D eigenvalue weighted by atomic mass is 16.3. The summed E-state index contributed by atoms with van der Waals surface area (Å²) < 4.78 is 0. The number of aliphatic imine (C=N–C) groups is 2. The molecule has 0 aliphatic carbocycles. The van der Waals surface area contributed by atoms with Crippen LogP contribution in [0.4, 0.5) is 0 Å². The first-order chi connectivity index (χ1) is 35.8. The van der Waals surface area contributed by atoms with Crippen molar-refractivity contribution in [3.05, 3.63) is 71.9 Å². The summed E-state index contributed by atoms with van der Waals surface area (Å²) in [5.74, 6) is -7.63. The van der Waals surface area contributed by atoms with Crippen LogP contribution in [0.1, 0.15) is 75.8 Å². The number of rotatable bonds is 16. The number of H-pyrrole nitrogens is 1. The van der Waals surface area contributed by atoms with E-state index in [4.69, 9.17) is 28.7 Å². The van der Waals surface area contributed by atoms with E-state index in [1.807, 2.05) is 24.3 Å². The summed E-state index contributed by atoms with van der Waals surface area (Å²) >= 11 is 0. The van der Waals surface area contributed by atoms with Crippen molar-refractivity contribution in [2.75, 3.05) is 26.2 Å². The van der Waals surface area contributed by atoms with Gasteiger partial charge in [-0.05, 0) is 62.1 Å². The average molecular weight is 1040 g/mol. The molecule has 2 aliphatic rings. The zero-order chi connectivity index (χ0) is 54.6. The second kappa shape index (κ2) is 28.2. The van der Waals surface area contributed by atoms with Gasteiger partial charge in [0.1, 0.15) is 42.3 Å². The standard InChI is InChI=1S/C49H70N16O10/c1-27(66)59-34(16-9-19-56-48(51)52)42(70)64-38-24-40(68)55-18-8-7-15-33(41(50)69)60-45(73)37(22-29-25-58-32-14-6-5-13-31(29)32)62-43(71)35(17-10-20-57-49(53)54)61-44(72)36(21-28-11-3-2-4-12-28)63-46(74)39-23-30(67)26-65(39)47(38)75/h2-6,11-14,25,30,33-39,58,67H,7-10,15-24,26H2,1H3,(H2,50,69)(H,55,68)(H,59,66)(H,60,73)(H,61,72)(H,62,71)(H,63,74)(H,64,70)(H4,51,52,56)(H4,53,54,57)/t30-,33+,34+,35+,36-,37+,38+,39+/m0/s1. The minimum absolute atomic E-state index is 0.00748. The first-order valence-corrected chi connectivity index (χ1v) is 24.8. The Balaban J connectivity index is 1.53. The van der Waals surface area contributed by atoms with Gasteiger partial charge in [0, 0.05) is 69.5 Å². The van der Waals surface area contributed by atoms with E-state index in [9.17, 15) is 48.3 Å². The molecule has 0 unspecified atom stereocenters. The summed E-state index contributed by atoms with van der Waals surface area (Å²) in [4.78, 5) is 137. The van der Waals surface area contributed by atoms with Gasteiger partial charge in [0.05, 0.1) is 12.5 Å². The van der Waals surface area contributed by atoms with Gasteiger partial charge in [0.15, 0.2) is 11.9 Å². The number of primary amides is 1.